The summed E-state index contributed by atoms with van der Waals surface area (Å²) < 4.78 is 18.9. The van der Waals surface area contributed by atoms with Gasteiger partial charge in [0.25, 0.3) is 0 Å². The van der Waals surface area contributed by atoms with E-state index in [4.69, 9.17) is 16.3 Å². The number of benzene rings is 1. The Balaban J connectivity index is 2.02. The van der Waals surface area contributed by atoms with Crippen LogP contribution >= 0.6 is 11.6 Å². The first-order chi connectivity index (χ1) is 7.63. The molecule has 0 bridgehead atoms. The third kappa shape index (κ3) is 3.11. The Morgan fingerprint density at radius 3 is 2.81 bits per heavy atom. The normalized spacial score (nSPS) is 25.4. The molecule has 0 radical (unpaired) electrons. The first-order valence-corrected chi connectivity index (χ1v) is 6.14. The van der Waals surface area contributed by atoms with Gasteiger partial charge in [-0.05, 0) is 37.3 Å². The predicted molar refractivity (Wildman–Crippen MR) is 63.5 cm³/mol. The van der Waals surface area contributed by atoms with E-state index in [9.17, 15) is 4.39 Å². The van der Waals surface area contributed by atoms with Crippen LogP contribution in [0.3, 0.4) is 0 Å². The number of ether oxygens (including phenoxy) is 1. The molecule has 1 aliphatic carbocycles. The van der Waals surface area contributed by atoms with Gasteiger partial charge in [-0.1, -0.05) is 24.9 Å². The second-order valence-electron chi connectivity index (χ2n) is 4.62. The minimum Gasteiger partial charge on any atom is -0.490 e. The molecule has 0 heterocycles. The lowest BCUT2D eigenvalue weighted by atomic mass is 9.89. The fourth-order valence-electron chi connectivity index (χ4n) is 2.27. The third-order valence-corrected chi connectivity index (χ3v) is 3.25. The summed E-state index contributed by atoms with van der Waals surface area (Å²) in [5.41, 5.74) is 0. The molecule has 0 aliphatic heterocycles. The second-order valence-corrected chi connectivity index (χ2v) is 5.05. The molecule has 0 amide bonds. The molecule has 2 atom stereocenters. The highest BCUT2D eigenvalue weighted by atomic mass is 35.5. The van der Waals surface area contributed by atoms with Gasteiger partial charge in [-0.2, -0.15) is 0 Å². The van der Waals surface area contributed by atoms with Crippen molar-refractivity contribution in [3.05, 3.63) is 29.0 Å². The SMILES string of the molecule is CC1CCCC(Oc2cc(F)cc(Cl)c2)C1. The summed E-state index contributed by atoms with van der Waals surface area (Å²) in [6.45, 7) is 2.23. The van der Waals surface area contributed by atoms with Crippen molar-refractivity contribution in [2.75, 3.05) is 0 Å². The van der Waals surface area contributed by atoms with Gasteiger partial charge in [0.2, 0.25) is 0 Å². The molecule has 0 aromatic heterocycles. The van der Waals surface area contributed by atoms with Crippen LogP contribution in [0, 0.1) is 11.7 Å². The maximum atomic E-state index is 13.1. The summed E-state index contributed by atoms with van der Waals surface area (Å²) in [6, 6.07) is 4.35. The smallest absolute Gasteiger partial charge is 0.128 e. The molecule has 1 aromatic rings. The van der Waals surface area contributed by atoms with Crippen molar-refractivity contribution >= 4 is 11.6 Å². The van der Waals surface area contributed by atoms with Crippen molar-refractivity contribution in [2.45, 2.75) is 38.7 Å². The quantitative estimate of drug-likeness (QED) is 0.745. The van der Waals surface area contributed by atoms with E-state index < -0.39 is 0 Å². The molecule has 0 saturated heterocycles. The highest BCUT2D eigenvalue weighted by molar-refractivity contribution is 6.30. The molecule has 0 N–H and O–H groups in total. The number of rotatable bonds is 2. The van der Waals surface area contributed by atoms with Gasteiger partial charge < -0.3 is 4.74 Å². The third-order valence-electron chi connectivity index (χ3n) is 3.03. The van der Waals surface area contributed by atoms with Crippen LogP contribution in [0.4, 0.5) is 4.39 Å². The average molecular weight is 243 g/mol. The molecule has 0 spiro atoms. The largest absolute Gasteiger partial charge is 0.490 e. The summed E-state index contributed by atoms with van der Waals surface area (Å²) in [5, 5.41) is 0.388. The molecule has 2 rings (SSSR count). The fraction of sp³-hybridized carbons (Fsp3) is 0.538. The maximum Gasteiger partial charge on any atom is 0.128 e. The lowest BCUT2D eigenvalue weighted by Crippen LogP contribution is -2.24. The molecule has 1 fully saturated rings. The number of hydrogen-bond donors (Lipinski definition) is 0. The predicted octanol–water partition coefficient (Wildman–Crippen LogP) is 4.44. The van der Waals surface area contributed by atoms with Crippen molar-refractivity contribution in [2.24, 2.45) is 5.92 Å². The van der Waals surface area contributed by atoms with E-state index >= 15 is 0 Å². The van der Waals surface area contributed by atoms with Crippen LogP contribution in [0.5, 0.6) is 5.75 Å². The highest BCUT2D eigenvalue weighted by Crippen LogP contribution is 2.28. The Bertz CT molecular complexity index is 347. The number of halogens is 2. The zero-order valence-corrected chi connectivity index (χ0v) is 10.1. The Kier molecular flexibility index (Phi) is 3.70. The summed E-state index contributed by atoms with van der Waals surface area (Å²) in [6.07, 6.45) is 4.77. The van der Waals surface area contributed by atoms with Crippen molar-refractivity contribution in [1.82, 2.24) is 0 Å². The zero-order chi connectivity index (χ0) is 11.5. The summed E-state index contributed by atoms with van der Waals surface area (Å²) in [7, 11) is 0. The van der Waals surface area contributed by atoms with Gasteiger partial charge in [-0.15, -0.1) is 0 Å². The fourth-order valence-corrected chi connectivity index (χ4v) is 2.49. The van der Waals surface area contributed by atoms with Crippen LogP contribution in [-0.4, -0.2) is 6.10 Å². The topological polar surface area (TPSA) is 9.23 Å². The van der Waals surface area contributed by atoms with E-state index in [1.165, 1.54) is 25.0 Å². The van der Waals surface area contributed by atoms with Crippen molar-refractivity contribution in [3.8, 4) is 5.75 Å². The number of hydrogen-bond acceptors (Lipinski definition) is 1. The van der Waals surface area contributed by atoms with Crippen LogP contribution < -0.4 is 4.74 Å². The second kappa shape index (κ2) is 5.05. The highest BCUT2D eigenvalue weighted by Gasteiger charge is 2.20. The average Bonchev–Trinajstić information content (AvgIpc) is 2.15. The van der Waals surface area contributed by atoms with Gasteiger partial charge in [-0.3, -0.25) is 0 Å². The Morgan fingerprint density at radius 2 is 2.12 bits per heavy atom. The van der Waals surface area contributed by atoms with Gasteiger partial charge in [0.1, 0.15) is 11.6 Å². The van der Waals surface area contributed by atoms with E-state index in [0.29, 0.717) is 16.7 Å². The van der Waals surface area contributed by atoms with Crippen LogP contribution in [0.15, 0.2) is 18.2 Å². The van der Waals surface area contributed by atoms with E-state index in [1.54, 1.807) is 6.07 Å². The molecule has 1 nitrogen and oxygen atoms in total. The first-order valence-electron chi connectivity index (χ1n) is 5.76. The lowest BCUT2D eigenvalue weighted by Gasteiger charge is -2.27. The van der Waals surface area contributed by atoms with Gasteiger partial charge in [0, 0.05) is 11.1 Å². The first kappa shape index (κ1) is 11.7. The monoisotopic (exact) mass is 242 g/mol. The van der Waals surface area contributed by atoms with Crippen molar-refractivity contribution < 1.29 is 9.13 Å². The summed E-state index contributed by atoms with van der Waals surface area (Å²) in [4.78, 5) is 0. The molecular weight excluding hydrogens is 227 g/mol. The van der Waals surface area contributed by atoms with Crippen molar-refractivity contribution in [1.29, 1.82) is 0 Å². The Morgan fingerprint density at radius 1 is 1.31 bits per heavy atom. The van der Waals surface area contributed by atoms with Gasteiger partial charge >= 0.3 is 0 Å². The van der Waals surface area contributed by atoms with Crippen LogP contribution in [-0.2, 0) is 0 Å². The molecule has 88 valence electrons. The molecule has 16 heavy (non-hydrogen) atoms. The van der Waals surface area contributed by atoms with Crippen LogP contribution in [0.1, 0.15) is 32.6 Å². The maximum absolute atomic E-state index is 13.1. The van der Waals surface area contributed by atoms with E-state index in [1.807, 2.05) is 0 Å². The van der Waals surface area contributed by atoms with Crippen LogP contribution in [0.25, 0.3) is 0 Å². The Hall–Kier alpha value is -0.760. The van der Waals surface area contributed by atoms with Gasteiger partial charge in [0.05, 0.1) is 6.10 Å². The molecule has 1 aromatic carbocycles. The molecule has 1 aliphatic rings. The van der Waals surface area contributed by atoms with Gasteiger partial charge in [-0.25, -0.2) is 4.39 Å². The molecule has 2 unspecified atom stereocenters. The minimum absolute atomic E-state index is 0.210. The van der Waals surface area contributed by atoms with Crippen molar-refractivity contribution in [3.63, 3.8) is 0 Å². The molecule has 1 saturated carbocycles. The molecule has 3 heteroatoms. The van der Waals surface area contributed by atoms with Gasteiger partial charge in [0.15, 0.2) is 0 Å². The van der Waals surface area contributed by atoms with E-state index in [2.05, 4.69) is 6.92 Å². The Labute approximate surface area is 101 Å². The lowest BCUT2D eigenvalue weighted by molar-refractivity contribution is 0.129. The van der Waals surface area contributed by atoms with E-state index in [0.717, 1.165) is 12.8 Å². The minimum atomic E-state index is -0.341. The van der Waals surface area contributed by atoms with Crippen LogP contribution in [0.2, 0.25) is 5.02 Å². The summed E-state index contributed by atoms with van der Waals surface area (Å²) >= 11 is 5.78. The zero-order valence-electron chi connectivity index (χ0n) is 9.38. The molecular formula is C13H16ClFO. The standard InChI is InChI=1S/C13H16ClFO/c1-9-3-2-4-12(5-9)16-13-7-10(14)6-11(15)8-13/h6-9,12H,2-5H2,1H3. The van der Waals surface area contributed by atoms with E-state index in [-0.39, 0.29) is 11.9 Å². The summed E-state index contributed by atoms with van der Waals surface area (Å²) in [5.74, 6) is 0.901.